The van der Waals surface area contributed by atoms with E-state index in [1.807, 2.05) is 14.0 Å². The number of nitrogens with zero attached hydrogens (tertiary/aromatic N) is 3. The first-order chi connectivity index (χ1) is 7.43. The highest BCUT2D eigenvalue weighted by molar-refractivity contribution is 5.02. The predicted octanol–water partition coefficient (Wildman–Crippen LogP) is 0.762. The van der Waals surface area contributed by atoms with E-state index in [1.54, 1.807) is 0 Å². The summed E-state index contributed by atoms with van der Waals surface area (Å²) in [4.78, 5) is 4.50. The number of likely N-dealkylation sites (N-methyl/N-ethyl adjacent to an activating group) is 2. The molecule has 1 N–H and O–H groups in total. The Labute approximate surface area is 100 Å². The Bertz CT molecular complexity index is 222. The molecule has 16 heavy (non-hydrogen) atoms. The van der Waals surface area contributed by atoms with E-state index >= 15 is 0 Å². The van der Waals surface area contributed by atoms with Crippen molar-refractivity contribution >= 4 is 0 Å². The van der Waals surface area contributed by atoms with Gasteiger partial charge >= 0.3 is 0 Å². The van der Waals surface area contributed by atoms with Crippen LogP contribution in [0.1, 0.15) is 19.8 Å². The summed E-state index contributed by atoms with van der Waals surface area (Å²) in [7, 11) is 8.15. The van der Waals surface area contributed by atoms with E-state index in [1.165, 1.54) is 0 Å². The topological polar surface area (TPSA) is 42.3 Å². The van der Waals surface area contributed by atoms with Gasteiger partial charge in [0.15, 0.2) is 0 Å². The zero-order valence-electron chi connectivity index (χ0n) is 11.4. The van der Waals surface area contributed by atoms with Crippen LogP contribution >= 0.6 is 0 Å². The Balaban J connectivity index is 3.69. The Morgan fingerprint density at radius 2 is 1.81 bits per heavy atom. The molecule has 0 heterocycles. The van der Waals surface area contributed by atoms with Gasteiger partial charge in [-0.25, -0.2) is 0 Å². The molecule has 1 atom stereocenters. The normalized spacial score (nSPS) is 15.1. The average molecular weight is 226 g/mol. The van der Waals surface area contributed by atoms with Crippen LogP contribution in [0.5, 0.6) is 0 Å². The number of hydrogen-bond donors (Lipinski definition) is 1. The molecule has 94 valence electrons. The number of hydrogen-bond acceptors (Lipinski definition) is 4. The van der Waals surface area contributed by atoms with Crippen molar-refractivity contribution in [3.8, 4) is 6.07 Å². The molecule has 0 aliphatic carbocycles. The van der Waals surface area contributed by atoms with Gasteiger partial charge in [-0.05, 0) is 54.5 Å². The molecule has 0 aromatic carbocycles. The first-order valence-electron chi connectivity index (χ1n) is 5.87. The van der Waals surface area contributed by atoms with Gasteiger partial charge in [0.2, 0.25) is 0 Å². The highest BCUT2D eigenvalue weighted by Gasteiger charge is 2.20. The van der Waals surface area contributed by atoms with Crippen LogP contribution in [0.25, 0.3) is 0 Å². The first kappa shape index (κ1) is 15.4. The third kappa shape index (κ3) is 6.78. The van der Waals surface area contributed by atoms with E-state index < -0.39 is 0 Å². The highest BCUT2D eigenvalue weighted by Crippen LogP contribution is 2.10. The van der Waals surface area contributed by atoms with Crippen molar-refractivity contribution in [1.82, 2.24) is 15.1 Å². The molecule has 0 fully saturated rings. The maximum absolute atomic E-state index is 8.99. The van der Waals surface area contributed by atoms with Crippen LogP contribution in [0.15, 0.2) is 0 Å². The highest BCUT2D eigenvalue weighted by atomic mass is 15.1. The Hall–Kier alpha value is -0.630. The third-order valence-corrected chi connectivity index (χ3v) is 2.94. The number of nitrogens with one attached hydrogen (secondary N) is 1. The van der Waals surface area contributed by atoms with Crippen LogP contribution in [0, 0.1) is 11.3 Å². The molecule has 0 aliphatic rings. The van der Waals surface area contributed by atoms with E-state index in [2.05, 4.69) is 42.3 Å². The van der Waals surface area contributed by atoms with Gasteiger partial charge in [0.05, 0.1) is 6.07 Å². The molecule has 0 saturated heterocycles. The van der Waals surface area contributed by atoms with Gasteiger partial charge in [-0.3, -0.25) is 0 Å². The van der Waals surface area contributed by atoms with E-state index in [4.69, 9.17) is 5.26 Å². The molecule has 0 aliphatic heterocycles. The zero-order valence-corrected chi connectivity index (χ0v) is 11.4. The fourth-order valence-corrected chi connectivity index (χ4v) is 1.42. The summed E-state index contributed by atoms with van der Waals surface area (Å²) in [6.07, 6.45) is 1.95. The van der Waals surface area contributed by atoms with Crippen LogP contribution in [-0.2, 0) is 0 Å². The maximum Gasteiger partial charge on any atom is 0.103 e. The lowest BCUT2D eigenvalue weighted by Crippen LogP contribution is -2.39. The SMILES string of the molecule is CNC(C)(C#N)CCCN(C)CCN(C)C. The van der Waals surface area contributed by atoms with Crippen molar-refractivity contribution < 1.29 is 0 Å². The minimum atomic E-state index is -0.373. The molecule has 0 amide bonds. The van der Waals surface area contributed by atoms with Crippen LogP contribution in [0.4, 0.5) is 0 Å². The second-order valence-electron chi connectivity index (χ2n) is 4.90. The molecule has 0 aromatic heterocycles. The van der Waals surface area contributed by atoms with E-state index in [0.717, 1.165) is 32.5 Å². The lowest BCUT2D eigenvalue weighted by atomic mass is 9.98. The lowest BCUT2D eigenvalue weighted by molar-refractivity contribution is 0.270. The van der Waals surface area contributed by atoms with Crippen LogP contribution < -0.4 is 5.32 Å². The predicted molar refractivity (Wildman–Crippen MR) is 68.4 cm³/mol. The van der Waals surface area contributed by atoms with Gasteiger partial charge in [-0.1, -0.05) is 0 Å². The molecule has 0 aromatic rings. The molecular weight excluding hydrogens is 200 g/mol. The van der Waals surface area contributed by atoms with E-state index in [0.29, 0.717) is 0 Å². The average Bonchev–Trinajstić information content (AvgIpc) is 2.26. The summed E-state index contributed by atoms with van der Waals surface area (Å²) < 4.78 is 0. The third-order valence-electron chi connectivity index (χ3n) is 2.94. The van der Waals surface area contributed by atoms with Gasteiger partial charge in [-0.2, -0.15) is 5.26 Å². The van der Waals surface area contributed by atoms with Crippen LogP contribution in [0.3, 0.4) is 0 Å². The van der Waals surface area contributed by atoms with E-state index in [9.17, 15) is 0 Å². The second kappa shape index (κ2) is 7.61. The molecule has 0 spiro atoms. The van der Waals surface area contributed by atoms with Crippen molar-refractivity contribution in [1.29, 1.82) is 5.26 Å². The molecule has 4 heteroatoms. The maximum atomic E-state index is 8.99. The monoisotopic (exact) mass is 226 g/mol. The first-order valence-corrected chi connectivity index (χ1v) is 5.87. The molecule has 0 radical (unpaired) electrons. The van der Waals surface area contributed by atoms with Gasteiger partial charge in [0.25, 0.3) is 0 Å². The summed E-state index contributed by atoms with van der Waals surface area (Å²) in [6, 6.07) is 2.31. The molecule has 0 bridgehead atoms. The van der Waals surface area contributed by atoms with Crippen molar-refractivity contribution in [3.05, 3.63) is 0 Å². The zero-order chi connectivity index (χ0) is 12.6. The Kier molecular flexibility index (Phi) is 7.31. The summed E-state index contributed by atoms with van der Waals surface area (Å²) in [6.45, 7) is 5.16. The summed E-state index contributed by atoms with van der Waals surface area (Å²) in [5.74, 6) is 0. The quantitative estimate of drug-likeness (QED) is 0.663. The molecule has 1 unspecified atom stereocenters. The van der Waals surface area contributed by atoms with E-state index in [-0.39, 0.29) is 5.54 Å². The molecule has 4 nitrogen and oxygen atoms in total. The number of nitriles is 1. The van der Waals surface area contributed by atoms with Crippen molar-refractivity contribution in [2.45, 2.75) is 25.3 Å². The van der Waals surface area contributed by atoms with Crippen molar-refractivity contribution in [2.75, 3.05) is 47.8 Å². The van der Waals surface area contributed by atoms with Crippen molar-refractivity contribution in [2.24, 2.45) is 0 Å². The second-order valence-corrected chi connectivity index (χ2v) is 4.90. The molecule has 0 saturated carbocycles. The Morgan fingerprint density at radius 1 is 1.19 bits per heavy atom. The van der Waals surface area contributed by atoms with Gasteiger partial charge < -0.3 is 15.1 Å². The summed E-state index contributed by atoms with van der Waals surface area (Å²) >= 11 is 0. The van der Waals surface area contributed by atoms with Crippen LogP contribution in [0.2, 0.25) is 0 Å². The van der Waals surface area contributed by atoms with Crippen LogP contribution in [-0.4, -0.2) is 63.2 Å². The summed E-state index contributed by atoms with van der Waals surface area (Å²) in [5.41, 5.74) is -0.373. The fourth-order valence-electron chi connectivity index (χ4n) is 1.42. The van der Waals surface area contributed by atoms with Gasteiger partial charge in [-0.15, -0.1) is 0 Å². The molecule has 0 rings (SSSR count). The lowest BCUT2D eigenvalue weighted by Gasteiger charge is -2.23. The minimum absolute atomic E-state index is 0.373. The van der Waals surface area contributed by atoms with Crippen molar-refractivity contribution in [3.63, 3.8) is 0 Å². The van der Waals surface area contributed by atoms with Gasteiger partial charge in [0.1, 0.15) is 5.54 Å². The number of rotatable bonds is 8. The van der Waals surface area contributed by atoms with Gasteiger partial charge in [0, 0.05) is 13.1 Å². The largest absolute Gasteiger partial charge is 0.308 e. The summed E-state index contributed by atoms with van der Waals surface area (Å²) in [5, 5.41) is 12.1. The standard InChI is InChI=1S/C12H26N4/c1-12(11-13,14-2)7-6-8-16(5)10-9-15(3)4/h14H,6-10H2,1-5H3. The molecular formula is C12H26N4. The Morgan fingerprint density at radius 3 is 2.25 bits per heavy atom. The smallest absolute Gasteiger partial charge is 0.103 e. The minimum Gasteiger partial charge on any atom is -0.308 e. The fraction of sp³-hybridized carbons (Fsp3) is 0.917.